The molecule has 8 heteroatoms. The molecule has 0 aliphatic rings. The van der Waals surface area contributed by atoms with Gasteiger partial charge in [0.2, 0.25) is 0 Å². The zero-order chi connectivity index (χ0) is 14.9. The lowest BCUT2D eigenvalue weighted by Crippen LogP contribution is -2.28. The van der Waals surface area contributed by atoms with Crippen LogP contribution in [0.5, 0.6) is 0 Å². The normalized spacial score (nSPS) is 10.8. The van der Waals surface area contributed by atoms with Crippen molar-refractivity contribution in [2.75, 3.05) is 7.05 Å². The quantitative estimate of drug-likeness (QED) is 0.869. The average molecular weight is 316 g/mol. The lowest BCUT2D eigenvalue weighted by Gasteiger charge is -2.17. The molecule has 0 N–H and O–H groups in total. The number of carbonyl (C=O) groups excluding carboxylic acids is 1. The van der Waals surface area contributed by atoms with Crippen molar-refractivity contribution in [1.82, 2.24) is 24.5 Å². The van der Waals surface area contributed by atoms with Crippen LogP contribution in [0.3, 0.4) is 0 Å². The fourth-order valence-corrected chi connectivity index (χ4v) is 2.36. The van der Waals surface area contributed by atoms with Gasteiger partial charge in [-0.3, -0.25) is 14.2 Å². The number of nitrogens with zero attached hydrogens (tertiary/aromatic N) is 5. The first-order valence-electron chi connectivity index (χ1n) is 6.08. The highest BCUT2D eigenvalue weighted by Crippen LogP contribution is 2.19. The molecule has 0 saturated carbocycles. The highest BCUT2D eigenvalue weighted by Gasteiger charge is 2.21. The van der Waals surface area contributed by atoms with E-state index >= 15 is 0 Å². The average Bonchev–Trinajstić information content (AvgIpc) is 2.92. The third-order valence-corrected chi connectivity index (χ3v) is 3.51. The SMILES string of the molecule is CCn1ncc(Cl)c1CN(C)C(=O)c1nn(C)cc1Cl. The number of amides is 1. The highest BCUT2D eigenvalue weighted by atomic mass is 35.5. The molecular weight excluding hydrogens is 301 g/mol. The van der Waals surface area contributed by atoms with Crippen molar-refractivity contribution in [3.63, 3.8) is 0 Å². The molecule has 0 aliphatic carbocycles. The first-order valence-corrected chi connectivity index (χ1v) is 6.84. The van der Waals surface area contributed by atoms with Gasteiger partial charge in [-0.15, -0.1) is 0 Å². The molecule has 2 rings (SSSR count). The molecule has 0 saturated heterocycles. The molecule has 0 bridgehead atoms. The molecule has 0 spiro atoms. The van der Waals surface area contributed by atoms with Crippen LogP contribution in [0, 0.1) is 0 Å². The van der Waals surface area contributed by atoms with Crippen molar-refractivity contribution in [2.24, 2.45) is 7.05 Å². The summed E-state index contributed by atoms with van der Waals surface area (Å²) in [5.41, 5.74) is 1.02. The van der Waals surface area contributed by atoms with Gasteiger partial charge in [0.05, 0.1) is 28.5 Å². The van der Waals surface area contributed by atoms with E-state index in [9.17, 15) is 4.79 Å². The van der Waals surface area contributed by atoms with Crippen LogP contribution < -0.4 is 0 Å². The largest absolute Gasteiger partial charge is 0.334 e. The van der Waals surface area contributed by atoms with E-state index in [0.717, 1.165) is 5.69 Å². The lowest BCUT2D eigenvalue weighted by atomic mass is 10.3. The van der Waals surface area contributed by atoms with E-state index < -0.39 is 0 Å². The Hall–Kier alpha value is -1.53. The Bertz CT molecular complexity index is 634. The summed E-state index contributed by atoms with van der Waals surface area (Å²) < 4.78 is 3.26. The summed E-state index contributed by atoms with van der Waals surface area (Å²) in [5, 5.41) is 9.08. The summed E-state index contributed by atoms with van der Waals surface area (Å²) in [6.07, 6.45) is 3.17. The van der Waals surface area contributed by atoms with Gasteiger partial charge in [0, 0.05) is 26.8 Å². The van der Waals surface area contributed by atoms with E-state index in [1.54, 1.807) is 31.2 Å². The third kappa shape index (κ3) is 2.81. The Morgan fingerprint density at radius 3 is 2.65 bits per heavy atom. The Morgan fingerprint density at radius 1 is 1.40 bits per heavy atom. The van der Waals surface area contributed by atoms with E-state index in [1.165, 1.54) is 9.58 Å². The molecule has 0 unspecified atom stereocenters. The molecule has 0 aliphatic heterocycles. The number of aryl methyl sites for hydroxylation is 2. The van der Waals surface area contributed by atoms with Crippen molar-refractivity contribution in [3.8, 4) is 0 Å². The summed E-state index contributed by atoms with van der Waals surface area (Å²) in [6.45, 7) is 3.00. The zero-order valence-electron chi connectivity index (χ0n) is 11.5. The zero-order valence-corrected chi connectivity index (χ0v) is 13.0. The lowest BCUT2D eigenvalue weighted by molar-refractivity contribution is 0.0775. The van der Waals surface area contributed by atoms with Gasteiger partial charge in [-0.2, -0.15) is 10.2 Å². The van der Waals surface area contributed by atoms with Gasteiger partial charge in [-0.05, 0) is 6.92 Å². The minimum atomic E-state index is -0.254. The van der Waals surface area contributed by atoms with Gasteiger partial charge in [0.15, 0.2) is 5.69 Å². The van der Waals surface area contributed by atoms with Crippen LogP contribution in [-0.4, -0.2) is 37.4 Å². The molecule has 1 amide bonds. The van der Waals surface area contributed by atoms with E-state index in [2.05, 4.69) is 10.2 Å². The number of hydrogen-bond acceptors (Lipinski definition) is 3. The van der Waals surface area contributed by atoms with Crippen molar-refractivity contribution in [2.45, 2.75) is 20.0 Å². The summed E-state index contributed by atoms with van der Waals surface area (Å²) in [5.74, 6) is -0.254. The van der Waals surface area contributed by atoms with Gasteiger partial charge in [0.25, 0.3) is 5.91 Å². The number of aromatic nitrogens is 4. The van der Waals surface area contributed by atoms with Gasteiger partial charge in [-0.25, -0.2) is 0 Å². The number of halogens is 2. The van der Waals surface area contributed by atoms with Crippen LogP contribution in [0.25, 0.3) is 0 Å². The van der Waals surface area contributed by atoms with Crippen molar-refractivity contribution >= 4 is 29.1 Å². The Morgan fingerprint density at radius 2 is 2.10 bits per heavy atom. The van der Waals surface area contributed by atoms with Crippen LogP contribution in [-0.2, 0) is 20.1 Å². The van der Waals surface area contributed by atoms with Crippen LogP contribution in [0.4, 0.5) is 0 Å². The minimum absolute atomic E-state index is 0.232. The molecule has 0 fully saturated rings. The molecule has 0 aromatic carbocycles. The predicted octanol–water partition coefficient (Wildman–Crippen LogP) is 2.22. The Kier molecular flexibility index (Phi) is 4.35. The number of carbonyl (C=O) groups is 1. The number of hydrogen-bond donors (Lipinski definition) is 0. The third-order valence-electron chi connectivity index (χ3n) is 2.92. The maximum atomic E-state index is 12.3. The maximum absolute atomic E-state index is 12.3. The second-order valence-corrected chi connectivity index (χ2v) is 5.23. The van der Waals surface area contributed by atoms with Gasteiger partial charge in [-0.1, -0.05) is 23.2 Å². The monoisotopic (exact) mass is 315 g/mol. The second kappa shape index (κ2) is 5.85. The smallest absolute Gasteiger partial charge is 0.276 e. The van der Waals surface area contributed by atoms with Crippen LogP contribution >= 0.6 is 23.2 Å². The van der Waals surface area contributed by atoms with Crippen molar-refractivity contribution in [3.05, 3.63) is 33.8 Å². The fourth-order valence-electron chi connectivity index (χ4n) is 1.90. The minimum Gasteiger partial charge on any atom is -0.334 e. The molecule has 2 aromatic heterocycles. The van der Waals surface area contributed by atoms with Crippen molar-refractivity contribution in [1.29, 1.82) is 0 Å². The molecule has 6 nitrogen and oxygen atoms in total. The molecular formula is C12H15Cl2N5O. The first kappa shape index (κ1) is 14.9. The molecule has 20 heavy (non-hydrogen) atoms. The Balaban J connectivity index is 2.19. The molecule has 2 heterocycles. The maximum Gasteiger partial charge on any atom is 0.276 e. The molecule has 0 radical (unpaired) electrons. The number of rotatable bonds is 4. The molecule has 0 atom stereocenters. The van der Waals surface area contributed by atoms with Crippen molar-refractivity contribution < 1.29 is 4.79 Å². The van der Waals surface area contributed by atoms with Crippen LogP contribution in [0.1, 0.15) is 23.1 Å². The standard InChI is InChI=1S/C12H15Cl2N5O/c1-4-19-10(8(13)5-15-19)7-17(2)12(20)11-9(14)6-18(3)16-11/h5-6H,4,7H2,1-3H3. The summed E-state index contributed by atoms with van der Waals surface area (Å²) in [7, 11) is 3.39. The topological polar surface area (TPSA) is 56.0 Å². The van der Waals surface area contributed by atoms with Gasteiger partial charge >= 0.3 is 0 Å². The van der Waals surface area contributed by atoms with Crippen LogP contribution in [0.15, 0.2) is 12.4 Å². The fraction of sp³-hybridized carbons (Fsp3) is 0.417. The van der Waals surface area contributed by atoms with Crippen LogP contribution in [0.2, 0.25) is 10.0 Å². The van der Waals surface area contributed by atoms with E-state index in [-0.39, 0.29) is 11.6 Å². The van der Waals surface area contributed by atoms with E-state index in [1.807, 2.05) is 6.92 Å². The highest BCUT2D eigenvalue weighted by molar-refractivity contribution is 6.33. The second-order valence-electron chi connectivity index (χ2n) is 4.42. The molecule has 2 aromatic rings. The summed E-state index contributed by atoms with van der Waals surface area (Å²) >= 11 is 12.1. The first-order chi connectivity index (χ1) is 9.43. The summed E-state index contributed by atoms with van der Waals surface area (Å²) in [4.78, 5) is 13.8. The predicted molar refractivity (Wildman–Crippen MR) is 76.9 cm³/mol. The van der Waals surface area contributed by atoms with Gasteiger partial charge in [0.1, 0.15) is 0 Å². The van der Waals surface area contributed by atoms with Gasteiger partial charge < -0.3 is 4.90 Å². The Labute approximate surface area is 126 Å². The summed E-state index contributed by atoms with van der Waals surface area (Å²) in [6, 6.07) is 0. The molecule has 108 valence electrons. The van der Waals surface area contributed by atoms with E-state index in [4.69, 9.17) is 23.2 Å². The van der Waals surface area contributed by atoms with E-state index in [0.29, 0.717) is 23.1 Å².